The van der Waals surface area contributed by atoms with Crippen LogP contribution in [-0.4, -0.2) is 36.9 Å². The molecule has 1 aromatic rings. The molecule has 15 heavy (non-hydrogen) atoms. The van der Waals surface area contributed by atoms with E-state index in [4.69, 9.17) is 0 Å². The second-order valence-electron chi connectivity index (χ2n) is 3.52. The summed E-state index contributed by atoms with van der Waals surface area (Å²) < 4.78 is 0. The number of amides is 2. The van der Waals surface area contributed by atoms with E-state index in [2.05, 4.69) is 0 Å². The lowest BCUT2D eigenvalue weighted by molar-refractivity contribution is -0.145. The van der Waals surface area contributed by atoms with Crippen molar-refractivity contribution in [1.82, 2.24) is 4.90 Å². The molecule has 2 amide bonds. The number of likely N-dealkylation sites (N-methyl/N-ethyl adjacent to an activating group) is 1. The summed E-state index contributed by atoms with van der Waals surface area (Å²) in [5, 5.41) is 0. The predicted octanol–water partition coefficient (Wildman–Crippen LogP) is 0.492. The van der Waals surface area contributed by atoms with Crippen LogP contribution in [-0.2, 0) is 9.59 Å². The first-order valence-electron chi connectivity index (χ1n) is 4.82. The van der Waals surface area contributed by atoms with Gasteiger partial charge in [-0.2, -0.15) is 0 Å². The van der Waals surface area contributed by atoms with Crippen LogP contribution in [0, 0.1) is 0 Å². The smallest absolute Gasteiger partial charge is 0.316 e. The van der Waals surface area contributed by atoms with Crippen LogP contribution in [0.2, 0.25) is 0 Å². The first-order chi connectivity index (χ1) is 7.20. The summed E-state index contributed by atoms with van der Waals surface area (Å²) in [5.74, 6) is -0.889. The highest BCUT2D eigenvalue weighted by Gasteiger charge is 2.30. The monoisotopic (exact) mass is 204 g/mol. The molecule has 1 fully saturated rings. The van der Waals surface area contributed by atoms with Crippen LogP contribution in [0.3, 0.4) is 0 Å². The van der Waals surface area contributed by atoms with Gasteiger partial charge < -0.3 is 9.80 Å². The topological polar surface area (TPSA) is 40.6 Å². The average Bonchev–Trinajstić information content (AvgIpc) is 2.27. The summed E-state index contributed by atoms with van der Waals surface area (Å²) in [6, 6.07) is 9.25. The molecule has 0 N–H and O–H groups in total. The molecule has 1 saturated heterocycles. The van der Waals surface area contributed by atoms with Gasteiger partial charge in [-0.3, -0.25) is 9.59 Å². The Kier molecular flexibility index (Phi) is 2.41. The van der Waals surface area contributed by atoms with Gasteiger partial charge in [-0.15, -0.1) is 0 Å². The van der Waals surface area contributed by atoms with E-state index >= 15 is 0 Å². The number of hydrogen-bond donors (Lipinski definition) is 0. The lowest BCUT2D eigenvalue weighted by Gasteiger charge is -2.31. The normalized spacial score (nSPS) is 17.1. The summed E-state index contributed by atoms with van der Waals surface area (Å²) in [5.41, 5.74) is 0.781. The minimum Gasteiger partial charge on any atom is -0.336 e. The summed E-state index contributed by atoms with van der Waals surface area (Å²) >= 11 is 0. The van der Waals surface area contributed by atoms with Gasteiger partial charge in [0.15, 0.2) is 0 Å². The zero-order valence-electron chi connectivity index (χ0n) is 8.51. The molecule has 0 aliphatic carbocycles. The highest BCUT2D eigenvalue weighted by atomic mass is 16.2. The number of para-hydroxylation sites is 1. The van der Waals surface area contributed by atoms with Crippen LogP contribution in [0.15, 0.2) is 30.3 Å². The number of nitrogens with zero attached hydrogens (tertiary/aromatic N) is 2. The first-order valence-corrected chi connectivity index (χ1v) is 4.82. The van der Waals surface area contributed by atoms with Crippen molar-refractivity contribution in [2.45, 2.75) is 0 Å². The van der Waals surface area contributed by atoms with Crippen molar-refractivity contribution in [2.75, 3.05) is 25.0 Å². The molecule has 1 aliphatic heterocycles. The van der Waals surface area contributed by atoms with Crippen LogP contribution >= 0.6 is 0 Å². The Labute approximate surface area is 88.1 Å². The molecular formula is C11H12N2O2. The fourth-order valence-corrected chi connectivity index (χ4v) is 1.59. The number of rotatable bonds is 1. The number of anilines is 1. The van der Waals surface area contributed by atoms with Crippen molar-refractivity contribution in [1.29, 1.82) is 0 Å². The van der Waals surface area contributed by atoms with Gasteiger partial charge in [-0.05, 0) is 12.1 Å². The SMILES string of the molecule is CN1CCN(c2ccccc2)C(=O)C1=O. The van der Waals surface area contributed by atoms with E-state index in [1.165, 1.54) is 9.80 Å². The number of hydrogen-bond acceptors (Lipinski definition) is 2. The second-order valence-corrected chi connectivity index (χ2v) is 3.52. The van der Waals surface area contributed by atoms with Gasteiger partial charge >= 0.3 is 11.8 Å². The maximum Gasteiger partial charge on any atom is 0.316 e. The minimum absolute atomic E-state index is 0.440. The Morgan fingerprint density at radius 1 is 1.00 bits per heavy atom. The third-order valence-electron chi connectivity index (χ3n) is 2.50. The van der Waals surface area contributed by atoms with Gasteiger partial charge in [-0.1, -0.05) is 18.2 Å². The predicted molar refractivity (Wildman–Crippen MR) is 56.4 cm³/mol. The Morgan fingerprint density at radius 3 is 2.33 bits per heavy atom. The summed E-state index contributed by atoms with van der Waals surface area (Å²) in [6.45, 7) is 1.14. The van der Waals surface area contributed by atoms with E-state index in [9.17, 15) is 9.59 Å². The molecule has 1 aromatic carbocycles. The number of carbonyl (C=O) groups is 2. The van der Waals surface area contributed by atoms with Gasteiger partial charge in [0.2, 0.25) is 0 Å². The van der Waals surface area contributed by atoms with Gasteiger partial charge in [-0.25, -0.2) is 0 Å². The van der Waals surface area contributed by atoms with Crippen molar-refractivity contribution in [3.63, 3.8) is 0 Å². The molecule has 0 aromatic heterocycles. The van der Waals surface area contributed by atoms with E-state index in [-0.39, 0.29) is 0 Å². The Hall–Kier alpha value is -1.84. The first kappa shape index (κ1) is 9.71. The van der Waals surface area contributed by atoms with Gasteiger partial charge in [0, 0.05) is 25.8 Å². The molecule has 1 heterocycles. The van der Waals surface area contributed by atoms with Gasteiger partial charge in [0.05, 0.1) is 0 Å². The van der Waals surface area contributed by atoms with E-state index in [0.29, 0.717) is 13.1 Å². The molecule has 0 radical (unpaired) electrons. The molecule has 0 atom stereocenters. The fraction of sp³-hybridized carbons (Fsp3) is 0.273. The maximum absolute atomic E-state index is 11.7. The van der Waals surface area contributed by atoms with E-state index in [1.807, 2.05) is 30.3 Å². The Morgan fingerprint density at radius 2 is 1.67 bits per heavy atom. The van der Waals surface area contributed by atoms with Crippen LogP contribution in [0.1, 0.15) is 0 Å². The molecule has 0 unspecified atom stereocenters. The molecular weight excluding hydrogens is 192 g/mol. The van der Waals surface area contributed by atoms with Gasteiger partial charge in [0.1, 0.15) is 0 Å². The van der Waals surface area contributed by atoms with Crippen molar-refractivity contribution < 1.29 is 9.59 Å². The highest BCUT2D eigenvalue weighted by Crippen LogP contribution is 2.16. The molecule has 0 spiro atoms. The van der Waals surface area contributed by atoms with Crippen LogP contribution in [0.4, 0.5) is 5.69 Å². The van der Waals surface area contributed by atoms with Crippen molar-refractivity contribution in [2.24, 2.45) is 0 Å². The number of piperazine rings is 1. The largest absolute Gasteiger partial charge is 0.336 e. The van der Waals surface area contributed by atoms with E-state index in [0.717, 1.165) is 5.69 Å². The molecule has 0 saturated carbocycles. The lowest BCUT2D eigenvalue weighted by atomic mass is 10.2. The van der Waals surface area contributed by atoms with Crippen molar-refractivity contribution in [3.8, 4) is 0 Å². The molecule has 1 aliphatic rings. The fourth-order valence-electron chi connectivity index (χ4n) is 1.59. The van der Waals surface area contributed by atoms with Crippen molar-refractivity contribution in [3.05, 3.63) is 30.3 Å². The average molecular weight is 204 g/mol. The summed E-state index contributed by atoms with van der Waals surface area (Å²) in [4.78, 5) is 26.1. The third-order valence-corrected chi connectivity index (χ3v) is 2.50. The van der Waals surface area contributed by atoms with Crippen LogP contribution in [0.25, 0.3) is 0 Å². The Balaban J connectivity index is 2.25. The van der Waals surface area contributed by atoms with Crippen LogP contribution in [0.5, 0.6) is 0 Å². The van der Waals surface area contributed by atoms with E-state index in [1.54, 1.807) is 7.05 Å². The van der Waals surface area contributed by atoms with E-state index < -0.39 is 11.8 Å². The summed E-state index contributed by atoms with van der Waals surface area (Å²) in [6.07, 6.45) is 0. The zero-order valence-corrected chi connectivity index (χ0v) is 8.51. The second kappa shape index (κ2) is 3.73. The van der Waals surface area contributed by atoms with Crippen LogP contribution < -0.4 is 4.90 Å². The minimum atomic E-state index is -0.449. The van der Waals surface area contributed by atoms with Gasteiger partial charge in [0.25, 0.3) is 0 Å². The third kappa shape index (κ3) is 1.70. The Bertz CT molecular complexity index is 389. The molecule has 4 heteroatoms. The number of benzene rings is 1. The molecule has 2 rings (SSSR count). The molecule has 0 bridgehead atoms. The van der Waals surface area contributed by atoms with Crippen molar-refractivity contribution >= 4 is 17.5 Å². The highest BCUT2D eigenvalue weighted by molar-refractivity contribution is 6.40. The quantitative estimate of drug-likeness (QED) is 0.625. The number of carbonyl (C=O) groups excluding carboxylic acids is 2. The maximum atomic E-state index is 11.7. The zero-order chi connectivity index (χ0) is 10.8. The molecule has 4 nitrogen and oxygen atoms in total. The standard InChI is InChI=1S/C11H12N2O2/c1-12-7-8-13(11(15)10(12)14)9-5-3-2-4-6-9/h2-6H,7-8H2,1H3. The summed E-state index contributed by atoms with van der Waals surface area (Å²) in [7, 11) is 1.64. The molecule has 78 valence electrons. The lowest BCUT2D eigenvalue weighted by Crippen LogP contribution is -2.52.